The van der Waals surface area contributed by atoms with Crippen molar-refractivity contribution in [1.29, 1.82) is 0 Å². The largest absolute Gasteiger partial charge is 0.476 e. The Balaban J connectivity index is 1.54. The molecule has 1 aliphatic heterocycles. The van der Waals surface area contributed by atoms with Crippen molar-refractivity contribution >= 4 is 11.9 Å². The number of carboxylic acid groups (broad SMARTS) is 1. The molecule has 0 spiro atoms. The van der Waals surface area contributed by atoms with E-state index in [1.807, 2.05) is 4.90 Å². The van der Waals surface area contributed by atoms with Gasteiger partial charge in [0.25, 0.3) is 0 Å². The number of rotatable bonds is 5. The van der Waals surface area contributed by atoms with Crippen LogP contribution in [0.2, 0.25) is 0 Å². The van der Waals surface area contributed by atoms with Gasteiger partial charge in [0.15, 0.2) is 5.69 Å². The maximum Gasteiger partial charge on any atom is 0.358 e. The van der Waals surface area contributed by atoms with Crippen LogP contribution in [0.25, 0.3) is 0 Å². The fourth-order valence-corrected chi connectivity index (χ4v) is 3.56. The van der Waals surface area contributed by atoms with Crippen molar-refractivity contribution in [3.05, 3.63) is 23.5 Å². The summed E-state index contributed by atoms with van der Waals surface area (Å²) in [7, 11) is 0. The Kier molecular flexibility index (Phi) is 5.27. The molecule has 0 radical (unpaired) electrons. The van der Waals surface area contributed by atoms with E-state index in [1.165, 1.54) is 24.6 Å². The second-order valence-corrected chi connectivity index (χ2v) is 6.76. The molecule has 1 aliphatic carbocycles. The van der Waals surface area contributed by atoms with E-state index in [1.54, 1.807) is 4.68 Å². The first-order valence-corrected chi connectivity index (χ1v) is 8.71. The number of aromatic carboxylic acids is 1. The van der Waals surface area contributed by atoms with Crippen LogP contribution in [0.1, 0.15) is 55.4 Å². The monoisotopic (exact) mass is 332 g/mol. The zero-order valence-electron chi connectivity index (χ0n) is 13.9. The topological polar surface area (TPSA) is 88.3 Å². The minimum absolute atomic E-state index is 0.0389. The first-order chi connectivity index (χ1) is 11.6. The molecule has 2 heterocycles. The number of hydrogen-bond acceptors (Lipinski definition) is 4. The van der Waals surface area contributed by atoms with Crippen LogP contribution < -0.4 is 0 Å². The summed E-state index contributed by atoms with van der Waals surface area (Å²) in [6.45, 7) is 2.14. The molecular formula is C17H24N4O3. The van der Waals surface area contributed by atoms with E-state index in [0.29, 0.717) is 25.4 Å². The van der Waals surface area contributed by atoms with Gasteiger partial charge in [-0.15, -0.1) is 5.10 Å². The van der Waals surface area contributed by atoms with Gasteiger partial charge in [-0.3, -0.25) is 9.48 Å². The molecule has 130 valence electrons. The van der Waals surface area contributed by atoms with E-state index in [9.17, 15) is 9.59 Å². The van der Waals surface area contributed by atoms with Gasteiger partial charge in [0.1, 0.15) is 0 Å². The summed E-state index contributed by atoms with van der Waals surface area (Å²) in [6.07, 6.45) is 10.8. The molecule has 1 atom stereocenters. The number of carbonyl (C=O) groups is 2. The lowest BCUT2D eigenvalue weighted by atomic mass is 9.94. The zero-order valence-corrected chi connectivity index (χ0v) is 13.9. The van der Waals surface area contributed by atoms with Crippen molar-refractivity contribution in [2.45, 2.75) is 51.5 Å². The standard InChI is InChI=1S/C17H24N4O3/c22-16(9-13-5-2-1-3-6-13)20-8-4-7-14(10-20)11-21-12-15(17(23)24)18-19-21/h5,12,14H,1-4,6-11H2,(H,23,24). The number of hydrogen-bond donors (Lipinski definition) is 1. The highest BCUT2D eigenvalue weighted by Crippen LogP contribution is 2.23. The third kappa shape index (κ3) is 4.21. The van der Waals surface area contributed by atoms with Crippen LogP contribution >= 0.6 is 0 Å². The Labute approximate surface area is 141 Å². The molecule has 1 fully saturated rings. The van der Waals surface area contributed by atoms with Gasteiger partial charge in [-0.05, 0) is 44.4 Å². The Morgan fingerprint density at radius 1 is 1.29 bits per heavy atom. The third-order valence-electron chi connectivity index (χ3n) is 4.84. The van der Waals surface area contributed by atoms with Gasteiger partial charge < -0.3 is 10.0 Å². The van der Waals surface area contributed by atoms with E-state index < -0.39 is 5.97 Å². The van der Waals surface area contributed by atoms with Gasteiger partial charge in [0.05, 0.1) is 6.20 Å². The van der Waals surface area contributed by atoms with Crippen LogP contribution in [0.5, 0.6) is 0 Å². The molecule has 7 heteroatoms. The number of amides is 1. The predicted molar refractivity (Wildman–Crippen MR) is 87.5 cm³/mol. The molecule has 1 aromatic heterocycles. The average molecular weight is 332 g/mol. The SMILES string of the molecule is O=C(O)c1cn(CC2CCCN(C(=O)CC3=CCCCC3)C2)nn1. The number of piperidine rings is 1. The Hall–Kier alpha value is -2.18. The van der Waals surface area contributed by atoms with Crippen molar-refractivity contribution in [1.82, 2.24) is 19.9 Å². The van der Waals surface area contributed by atoms with Gasteiger partial charge >= 0.3 is 5.97 Å². The predicted octanol–water partition coefficient (Wildman–Crippen LogP) is 2.11. The normalized spacial score (nSPS) is 21.4. The summed E-state index contributed by atoms with van der Waals surface area (Å²) in [5.41, 5.74) is 1.25. The van der Waals surface area contributed by atoms with Crippen LogP contribution in [-0.4, -0.2) is 50.0 Å². The summed E-state index contributed by atoms with van der Waals surface area (Å²) < 4.78 is 1.58. The van der Waals surface area contributed by atoms with Gasteiger partial charge in [-0.1, -0.05) is 16.9 Å². The Morgan fingerprint density at radius 3 is 2.88 bits per heavy atom. The minimum Gasteiger partial charge on any atom is -0.476 e. The lowest BCUT2D eigenvalue weighted by Crippen LogP contribution is -2.41. The van der Waals surface area contributed by atoms with Crippen molar-refractivity contribution in [2.24, 2.45) is 5.92 Å². The van der Waals surface area contributed by atoms with Gasteiger partial charge in [-0.2, -0.15) is 0 Å². The summed E-state index contributed by atoms with van der Waals surface area (Å²) in [4.78, 5) is 25.4. The minimum atomic E-state index is -1.07. The van der Waals surface area contributed by atoms with Crippen molar-refractivity contribution in [2.75, 3.05) is 13.1 Å². The number of aromatic nitrogens is 3. The van der Waals surface area contributed by atoms with E-state index in [0.717, 1.165) is 32.2 Å². The van der Waals surface area contributed by atoms with E-state index >= 15 is 0 Å². The molecule has 2 aliphatic rings. The van der Waals surface area contributed by atoms with Crippen molar-refractivity contribution in [3.63, 3.8) is 0 Å². The molecule has 0 bridgehead atoms. The number of carboxylic acids is 1. The second-order valence-electron chi connectivity index (χ2n) is 6.76. The van der Waals surface area contributed by atoms with Gasteiger partial charge in [0, 0.05) is 26.1 Å². The fourth-order valence-electron chi connectivity index (χ4n) is 3.56. The molecule has 3 rings (SSSR count). The zero-order chi connectivity index (χ0) is 16.9. The first-order valence-electron chi connectivity index (χ1n) is 8.71. The van der Waals surface area contributed by atoms with Crippen LogP contribution in [0.15, 0.2) is 17.8 Å². The second kappa shape index (κ2) is 7.59. The van der Waals surface area contributed by atoms with Crippen molar-refractivity contribution in [3.8, 4) is 0 Å². The lowest BCUT2D eigenvalue weighted by Gasteiger charge is -2.33. The molecular weight excluding hydrogens is 308 g/mol. The number of allylic oxidation sites excluding steroid dienone is 1. The molecule has 1 amide bonds. The lowest BCUT2D eigenvalue weighted by molar-refractivity contribution is -0.132. The van der Waals surface area contributed by atoms with E-state index in [-0.39, 0.29) is 11.6 Å². The highest BCUT2D eigenvalue weighted by atomic mass is 16.4. The van der Waals surface area contributed by atoms with Crippen LogP contribution in [0.4, 0.5) is 0 Å². The van der Waals surface area contributed by atoms with Gasteiger partial charge in [-0.25, -0.2) is 4.79 Å². The number of likely N-dealkylation sites (tertiary alicyclic amines) is 1. The highest BCUT2D eigenvalue weighted by molar-refractivity contribution is 5.84. The molecule has 24 heavy (non-hydrogen) atoms. The molecule has 1 saturated heterocycles. The summed E-state index contributed by atoms with van der Waals surface area (Å²) >= 11 is 0. The highest BCUT2D eigenvalue weighted by Gasteiger charge is 2.25. The average Bonchev–Trinajstić information content (AvgIpc) is 3.05. The number of carbonyl (C=O) groups excluding carboxylic acids is 1. The summed E-state index contributed by atoms with van der Waals surface area (Å²) in [6, 6.07) is 0. The Bertz CT molecular complexity index is 638. The molecule has 1 aromatic rings. The van der Waals surface area contributed by atoms with Crippen LogP contribution in [0, 0.1) is 5.92 Å². The third-order valence-corrected chi connectivity index (χ3v) is 4.84. The van der Waals surface area contributed by atoms with Crippen molar-refractivity contribution < 1.29 is 14.7 Å². The fraction of sp³-hybridized carbons (Fsp3) is 0.647. The van der Waals surface area contributed by atoms with E-state index in [2.05, 4.69) is 16.4 Å². The molecule has 1 N–H and O–H groups in total. The molecule has 0 saturated carbocycles. The van der Waals surface area contributed by atoms with Gasteiger partial charge in [0.2, 0.25) is 5.91 Å². The Morgan fingerprint density at radius 2 is 2.17 bits per heavy atom. The maximum atomic E-state index is 12.5. The summed E-state index contributed by atoms with van der Waals surface area (Å²) in [5, 5.41) is 16.4. The first kappa shape index (κ1) is 16.7. The number of nitrogens with zero attached hydrogens (tertiary/aromatic N) is 4. The van der Waals surface area contributed by atoms with E-state index in [4.69, 9.17) is 5.11 Å². The molecule has 7 nitrogen and oxygen atoms in total. The molecule has 1 unspecified atom stereocenters. The van der Waals surface area contributed by atoms with Crippen LogP contribution in [-0.2, 0) is 11.3 Å². The smallest absolute Gasteiger partial charge is 0.358 e. The molecule has 0 aromatic carbocycles. The maximum absolute atomic E-state index is 12.5. The van der Waals surface area contributed by atoms with Crippen LogP contribution in [0.3, 0.4) is 0 Å². The quantitative estimate of drug-likeness (QED) is 0.834. The summed E-state index contributed by atoms with van der Waals surface area (Å²) in [5.74, 6) is -0.550.